The second kappa shape index (κ2) is 8.43. The Bertz CT molecular complexity index is 622. The van der Waals surface area contributed by atoms with Gasteiger partial charge < -0.3 is 19.3 Å². The maximum Gasteiger partial charge on any atom is 0.410 e. The van der Waals surface area contributed by atoms with Gasteiger partial charge in [-0.15, -0.1) is 0 Å². The Morgan fingerprint density at radius 2 is 1.88 bits per heavy atom. The largest absolute Gasteiger partial charge is 0.497 e. The normalized spacial score (nSPS) is 17.6. The van der Waals surface area contributed by atoms with Crippen molar-refractivity contribution in [2.75, 3.05) is 33.8 Å². The van der Waals surface area contributed by atoms with Crippen LogP contribution in [0.5, 0.6) is 5.75 Å². The monoisotopic (exact) mass is 362 g/mol. The van der Waals surface area contributed by atoms with E-state index in [1.54, 1.807) is 43.3 Å². The molecule has 1 aromatic rings. The molecule has 0 N–H and O–H groups in total. The molecular weight excluding hydrogens is 332 g/mol. The molecule has 1 aromatic carbocycles. The lowest BCUT2D eigenvalue weighted by Gasteiger charge is -2.35. The Balaban J connectivity index is 1.93. The smallest absolute Gasteiger partial charge is 0.410 e. The highest BCUT2D eigenvalue weighted by atomic mass is 16.6. The van der Waals surface area contributed by atoms with Crippen molar-refractivity contribution in [3.05, 3.63) is 29.8 Å². The first-order chi connectivity index (χ1) is 12.2. The van der Waals surface area contributed by atoms with Crippen LogP contribution in [0, 0.1) is 5.92 Å². The van der Waals surface area contributed by atoms with Crippen molar-refractivity contribution < 1.29 is 19.1 Å². The van der Waals surface area contributed by atoms with E-state index < -0.39 is 5.60 Å². The van der Waals surface area contributed by atoms with Crippen molar-refractivity contribution in [1.82, 2.24) is 9.80 Å². The number of carbonyl (C=O) groups is 2. The van der Waals surface area contributed by atoms with E-state index in [4.69, 9.17) is 9.47 Å². The lowest BCUT2D eigenvalue weighted by Crippen LogP contribution is -2.45. The molecular formula is C20H30N2O4. The molecule has 1 fully saturated rings. The number of piperidine rings is 1. The summed E-state index contributed by atoms with van der Waals surface area (Å²) in [4.78, 5) is 28.4. The van der Waals surface area contributed by atoms with E-state index in [2.05, 4.69) is 0 Å². The van der Waals surface area contributed by atoms with Crippen LogP contribution in [0.25, 0.3) is 0 Å². The number of likely N-dealkylation sites (tertiary alicyclic amines) is 1. The maximum absolute atomic E-state index is 12.7. The Hall–Kier alpha value is -2.24. The molecule has 26 heavy (non-hydrogen) atoms. The van der Waals surface area contributed by atoms with Crippen LogP contribution in [0.2, 0.25) is 0 Å². The molecule has 1 heterocycles. The van der Waals surface area contributed by atoms with Gasteiger partial charge in [-0.2, -0.15) is 0 Å². The molecule has 0 aromatic heterocycles. The number of carbonyl (C=O) groups excluding carboxylic acids is 2. The lowest BCUT2D eigenvalue weighted by atomic mass is 9.97. The van der Waals surface area contributed by atoms with Gasteiger partial charge in [0.25, 0.3) is 5.91 Å². The number of hydrogen-bond donors (Lipinski definition) is 0. The molecule has 0 radical (unpaired) electrons. The summed E-state index contributed by atoms with van der Waals surface area (Å²) in [5.41, 5.74) is 0.154. The second-order valence-corrected chi connectivity index (χ2v) is 7.85. The highest BCUT2D eigenvalue weighted by Crippen LogP contribution is 2.21. The molecule has 0 bridgehead atoms. The number of rotatable bonds is 4. The number of nitrogens with zero attached hydrogens (tertiary/aromatic N) is 2. The predicted octanol–water partition coefficient (Wildman–Crippen LogP) is 3.41. The highest BCUT2D eigenvalue weighted by molar-refractivity contribution is 5.94. The summed E-state index contributed by atoms with van der Waals surface area (Å²) in [6.07, 6.45) is 1.62. The van der Waals surface area contributed by atoms with Gasteiger partial charge in [0.1, 0.15) is 11.4 Å². The van der Waals surface area contributed by atoms with Crippen LogP contribution in [-0.4, -0.2) is 61.2 Å². The topological polar surface area (TPSA) is 59.1 Å². The summed E-state index contributed by atoms with van der Waals surface area (Å²) in [6.45, 7) is 7.55. The molecule has 6 nitrogen and oxygen atoms in total. The first-order valence-corrected chi connectivity index (χ1v) is 9.07. The summed E-state index contributed by atoms with van der Waals surface area (Å²) in [5.74, 6) is 1.01. The van der Waals surface area contributed by atoms with Gasteiger partial charge in [0.15, 0.2) is 0 Å². The third kappa shape index (κ3) is 5.64. The van der Waals surface area contributed by atoms with Crippen LogP contribution >= 0.6 is 0 Å². The zero-order valence-corrected chi connectivity index (χ0v) is 16.4. The van der Waals surface area contributed by atoms with Gasteiger partial charge in [0.05, 0.1) is 7.11 Å². The maximum atomic E-state index is 12.7. The van der Waals surface area contributed by atoms with Crippen LogP contribution in [0.15, 0.2) is 24.3 Å². The van der Waals surface area contributed by atoms with Crippen molar-refractivity contribution in [2.24, 2.45) is 5.92 Å². The number of hydrogen-bond acceptors (Lipinski definition) is 4. The average molecular weight is 362 g/mol. The van der Waals surface area contributed by atoms with Crippen LogP contribution in [-0.2, 0) is 4.74 Å². The summed E-state index contributed by atoms with van der Waals surface area (Å²) in [6, 6.07) is 7.17. The van der Waals surface area contributed by atoms with Gasteiger partial charge in [-0.3, -0.25) is 4.79 Å². The van der Waals surface area contributed by atoms with E-state index >= 15 is 0 Å². The van der Waals surface area contributed by atoms with E-state index in [0.717, 1.165) is 25.1 Å². The fraction of sp³-hybridized carbons (Fsp3) is 0.600. The van der Waals surface area contributed by atoms with E-state index in [0.29, 0.717) is 18.7 Å². The number of methoxy groups -OCH3 is 1. The Labute approximate surface area is 156 Å². The van der Waals surface area contributed by atoms with E-state index in [-0.39, 0.29) is 17.9 Å². The standard InChI is InChI=1S/C20H30N2O4/c1-20(2,3)26-19(24)21(4)13-15-7-6-12-22(14-15)18(23)16-8-10-17(25-5)11-9-16/h8-11,15H,6-7,12-14H2,1-5H3. The molecule has 144 valence electrons. The van der Waals surface area contributed by atoms with E-state index in [1.807, 2.05) is 25.7 Å². The van der Waals surface area contributed by atoms with Crippen molar-refractivity contribution in [2.45, 2.75) is 39.2 Å². The zero-order valence-electron chi connectivity index (χ0n) is 16.4. The molecule has 0 saturated carbocycles. The predicted molar refractivity (Wildman–Crippen MR) is 100 cm³/mol. The molecule has 6 heteroatoms. The van der Waals surface area contributed by atoms with Gasteiger partial charge in [-0.1, -0.05) is 0 Å². The van der Waals surface area contributed by atoms with Crippen molar-refractivity contribution in [1.29, 1.82) is 0 Å². The molecule has 0 spiro atoms. The Morgan fingerprint density at radius 1 is 1.23 bits per heavy atom. The third-order valence-electron chi connectivity index (χ3n) is 4.38. The number of amides is 2. The van der Waals surface area contributed by atoms with Crippen LogP contribution in [0.1, 0.15) is 44.0 Å². The molecule has 1 saturated heterocycles. The van der Waals surface area contributed by atoms with Crippen LogP contribution < -0.4 is 4.74 Å². The third-order valence-corrected chi connectivity index (χ3v) is 4.38. The molecule has 2 amide bonds. The van der Waals surface area contributed by atoms with E-state index in [1.165, 1.54) is 0 Å². The van der Waals surface area contributed by atoms with Crippen molar-refractivity contribution >= 4 is 12.0 Å². The van der Waals surface area contributed by atoms with Crippen LogP contribution in [0.3, 0.4) is 0 Å². The first-order valence-electron chi connectivity index (χ1n) is 9.07. The fourth-order valence-corrected chi connectivity index (χ4v) is 3.12. The highest BCUT2D eigenvalue weighted by Gasteiger charge is 2.27. The SMILES string of the molecule is COc1ccc(C(=O)N2CCCC(CN(C)C(=O)OC(C)(C)C)C2)cc1. The molecule has 1 unspecified atom stereocenters. The van der Waals surface area contributed by atoms with Gasteiger partial charge >= 0.3 is 6.09 Å². The number of benzene rings is 1. The average Bonchev–Trinajstić information content (AvgIpc) is 2.60. The fourth-order valence-electron chi connectivity index (χ4n) is 3.12. The van der Waals surface area contributed by atoms with Crippen LogP contribution in [0.4, 0.5) is 4.79 Å². The van der Waals surface area contributed by atoms with Crippen molar-refractivity contribution in [3.8, 4) is 5.75 Å². The minimum Gasteiger partial charge on any atom is -0.497 e. The molecule has 1 aliphatic rings. The number of ether oxygens (including phenoxy) is 2. The molecule has 1 atom stereocenters. The molecule has 0 aliphatic carbocycles. The molecule has 1 aliphatic heterocycles. The zero-order chi connectivity index (χ0) is 19.3. The summed E-state index contributed by atoms with van der Waals surface area (Å²) in [7, 11) is 3.35. The summed E-state index contributed by atoms with van der Waals surface area (Å²) < 4.78 is 10.5. The molecule has 2 rings (SSSR count). The Morgan fingerprint density at radius 3 is 2.46 bits per heavy atom. The van der Waals surface area contributed by atoms with E-state index in [9.17, 15) is 9.59 Å². The lowest BCUT2D eigenvalue weighted by molar-refractivity contribution is 0.0244. The van der Waals surface area contributed by atoms with Gasteiger partial charge in [0, 0.05) is 32.2 Å². The minimum absolute atomic E-state index is 0.0253. The Kier molecular flexibility index (Phi) is 6.51. The summed E-state index contributed by atoms with van der Waals surface area (Å²) >= 11 is 0. The minimum atomic E-state index is -0.506. The summed E-state index contributed by atoms with van der Waals surface area (Å²) in [5, 5.41) is 0. The van der Waals surface area contributed by atoms with Crippen molar-refractivity contribution in [3.63, 3.8) is 0 Å². The van der Waals surface area contributed by atoms with Gasteiger partial charge in [0.2, 0.25) is 0 Å². The first kappa shape index (κ1) is 20.1. The second-order valence-electron chi connectivity index (χ2n) is 7.85. The van der Waals surface area contributed by atoms with Gasteiger partial charge in [-0.05, 0) is 63.8 Å². The van der Waals surface area contributed by atoms with Gasteiger partial charge in [-0.25, -0.2) is 4.79 Å². The quantitative estimate of drug-likeness (QED) is 0.823.